The molecule has 4 rings (SSSR count). The number of nitrogens with one attached hydrogen (secondary N) is 2. The predicted molar refractivity (Wildman–Crippen MR) is 156 cm³/mol. The van der Waals surface area contributed by atoms with Crippen LogP contribution in [0.1, 0.15) is 29.8 Å². The number of aromatic nitrogens is 3. The molecule has 2 heterocycles. The number of amides is 1. The second kappa shape index (κ2) is 12.4. The molecule has 202 valence electrons. The van der Waals surface area contributed by atoms with Gasteiger partial charge in [0, 0.05) is 42.0 Å². The van der Waals surface area contributed by atoms with E-state index in [4.69, 9.17) is 32.9 Å². The molecule has 0 aliphatic rings. The van der Waals surface area contributed by atoms with E-state index < -0.39 is 11.5 Å². The van der Waals surface area contributed by atoms with E-state index >= 15 is 0 Å². The summed E-state index contributed by atoms with van der Waals surface area (Å²) in [7, 11) is 3.07. The van der Waals surface area contributed by atoms with Gasteiger partial charge in [-0.05, 0) is 30.7 Å². The summed E-state index contributed by atoms with van der Waals surface area (Å²) >= 11 is 13.6. The molecule has 39 heavy (non-hydrogen) atoms. The Balaban J connectivity index is 1.66. The Labute approximate surface area is 237 Å². The largest absolute Gasteiger partial charge is 0.481 e. The molecule has 2 aromatic heterocycles. The minimum atomic E-state index is -0.587. The highest BCUT2D eigenvalue weighted by Crippen LogP contribution is 2.41. The quantitative estimate of drug-likeness (QED) is 0.265. The van der Waals surface area contributed by atoms with Crippen LogP contribution in [-0.4, -0.2) is 34.3 Å². The van der Waals surface area contributed by atoms with Gasteiger partial charge >= 0.3 is 0 Å². The van der Waals surface area contributed by atoms with Crippen molar-refractivity contribution in [3.05, 3.63) is 92.3 Å². The molecule has 0 fully saturated rings. The van der Waals surface area contributed by atoms with Gasteiger partial charge in [-0.3, -0.25) is 9.59 Å². The van der Waals surface area contributed by atoms with E-state index in [1.165, 1.54) is 19.3 Å². The van der Waals surface area contributed by atoms with Gasteiger partial charge < -0.3 is 15.4 Å². The molecule has 8 nitrogen and oxygen atoms in total. The normalized spacial score (nSPS) is 11.1. The van der Waals surface area contributed by atoms with E-state index in [2.05, 4.69) is 29.6 Å². The summed E-state index contributed by atoms with van der Waals surface area (Å²) in [6, 6.07) is 16.1. The zero-order valence-corrected chi connectivity index (χ0v) is 23.6. The predicted octanol–water partition coefficient (Wildman–Crippen LogP) is 5.82. The number of pyridine rings is 1. The molecule has 0 radical (unpaired) electrons. The van der Waals surface area contributed by atoms with Gasteiger partial charge in [0.2, 0.25) is 5.88 Å². The number of nitrogens with zero attached hydrogens (tertiary/aromatic N) is 3. The highest BCUT2D eigenvalue weighted by molar-refractivity contribution is 6.39. The topological polar surface area (TPSA) is 98.1 Å². The lowest BCUT2D eigenvalue weighted by molar-refractivity contribution is 0.102. The number of aryl methyl sites for hydroxylation is 1. The first-order valence-corrected chi connectivity index (χ1v) is 13.1. The Morgan fingerprint density at radius 1 is 1.00 bits per heavy atom. The van der Waals surface area contributed by atoms with Crippen molar-refractivity contribution in [2.45, 2.75) is 20.4 Å². The van der Waals surface area contributed by atoms with Crippen LogP contribution in [0.15, 0.2) is 65.6 Å². The van der Waals surface area contributed by atoms with Gasteiger partial charge in [-0.25, -0.2) is 9.67 Å². The first-order chi connectivity index (χ1) is 18.7. The molecule has 0 aliphatic carbocycles. The van der Waals surface area contributed by atoms with Crippen molar-refractivity contribution in [1.82, 2.24) is 20.1 Å². The van der Waals surface area contributed by atoms with Crippen molar-refractivity contribution in [3.8, 4) is 28.3 Å². The summed E-state index contributed by atoms with van der Waals surface area (Å²) in [5.74, 6) is 0.470. The molecule has 0 unspecified atom stereocenters. The van der Waals surface area contributed by atoms with Crippen molar-refractivity contribution in [2.75, 3.05) is 19.0 Å². The van der Waals surface area contributed by atoms with E-state index in [1.807, 2.05) is 36.4 Å². The zero-order chi connectivity index (χ0) is 28.1. The van der Waals surface area contributed by atoms with Crippen molar-refractivity contribution < 1.29 is 9.53 Å². The second-order valence-corrected chi connectivity index (χ2v) is 10.1. The van der Waals surface area contributed by atoms with Crippen molar-refractivity contribution in [2.24, 2.45) is 13.0 Å². The average Bonchev–Trinajstić information content (AvgIpc) is 2.91. The second-order valence-electron chi connectivity index (χ2n) is 9.35. The minimum Gasteiger partial charge on any atom is -0.481 e. The Morgan fingerprint density at radius 2 is 1.69 bits per heavy atom. The molecule has 0 saturated heterocycles. The average molecular weight is 566 g/mol. The molecule has 2 N–H and O–H groups in total. The van der Waals surface area contributed by atoms with Crippen LogP contribution in [0.2, 0.25) is 10.0 Å². The van der Waals surface area contributed by atoms with Crippen molar-refractivity contribution in [1.29, 1.82) is 0 Å². The van der Waals surface area contributed by atoms with Gasteiger partial charge in [0.1, 0.15) is 5.56 Å². The van der Waals surface area contributed by atoms with E-state index in [0.717, 1.165) is 16.8 Å². The fraction of sp³-hybridized carbons (Fsp3) is 0.241. The molecular formula is C29H29Cl2N5O3. The number of hydrogen-bond acceptors (Lipinski definition) is 6. The molecule has 1 amide bonds. The molecule has 0 spiro atoms. The third-order valence-electron chi connectivity index (χ3n) is 6.06. The fourth-order valence-electron chi connectivity index (χ4n) is 4.07. The van der Waals surface area contributed by atoms with Gasteiger partial charge in [0.05, 0.1) is 28.5 Å². The maximum atomic E-state index is 12.8. The third-order valence-corrected chi connectivity index (χ3v) is 6.88. The van der Waals surface area contributed by atoms with E-state index in [0.29, 0.717) is 51.4 Å². The SMILES string of the molecule is COc1nc(-c2cccc(-c3cccc(NC(=O)c4ccnn(C)c4=O)c3Cl)c2Cl)ccc1CNCC(C)C. The Morgan fingerprint density at radius 3 is 2.41 bits per heavy atom. The zero-order valence-electron chi connectivity index (χ0n) is 22.1. The number of halogens is 2. The number of anilines is 1. The number of carbonyl (C=O) groups excluding carboxylic acids is 1. The van der Waals surface area contributed by atoms with Crippen LogP contribution in [0.5, 0.6) is 5.88 Å². The van der Waals surface area contributed by atoms with Crippen LogP contribution in [0.25, 0.3) is 22.4 Å². The molecule has 10 heteroatoms. The number of rotatable bonds is 9. The Kier molecular flexibility index (Phi) is 9.01. The van der Waals surface area contributed by atoms with Crippen LogP contribution < -0.4 is 20.9 Å². The smallest absolute Gasteiger partial charge is 0.279 e. The lowest BCUT2D eigenvalue weighted by Crippen LogP contribution is -2.28. The maximum absolute atomic E-state index is 12.8. The summed E-state index contributed by atoms with van der Waals surface area (Å²) in [6.07, 6.45) is 1.39. The van der Waals surface area contributed by atoms with Gasteiger partial charge in [-0.2, -0.15) is 5.10 Å². The van der Waals surface area contributed by atoms with Crippen LogP contribution in [0.4, 0.5) is 5.69 Å². The van der Waals surface area contributed by atoms with Gasteiger partial charge in [-0.15, -0.1) is 0 Å². The fourth-order valence-corrected chi connectivity index (χ4v) is 4.67. The molecule has 4 aromatic rings. The highest BCUT2D eigenvalue weighted by atomic mass is 35.5. The Bertz CT molecular complexity index is 1570. The van der Waals surface area contributed by atoms with Gasteiger partial charge in [0.25, 0.3) is 11.5 Å². The van der Waals surface area contributed by atoms with Crippen LogP contribution in [0.3, 0.4) is 0 Å². The van der Waals surface area contributed by atoms with Crippen LogP contribution in [0, 0.1) is 5.92 Å². The van der Waals surface area contributed by atoms with Crippen molar-refractivity contribution in [3.63, 3.8) is 0 Å². The van der Waals surface area contributed by atoms with E-state index in [1.54, 1.807) is 19.2 Å². The summed E-state index contributed by atoms with van der Waals surface area (Å²) in [4.78, 5) is 29.8. The molecule has 0 saturated carbocycles. The van der Waals surface area contributed by atoms with Crippen LogP contribution >= 0.6 is 23.2 Å². The van der Waals surface area contributed by atoms with Gasteiger partial charge in [-0.1, -0.05) is 73.4 Å². The number of benzene rings is 2. The van der Waals surface area contributed by atoms with E-state index in [-0.39, 0.29) is 10.6 Å². The summed E-state index contributed by atoms with van der Waals surface area (Å²) in [6.45, 7) is 5.83. The number of ether oxygens (including phenoxy) is 1. The molecule has 2 aromatic carbocycles. The first-order valence-electron chi connectivity index (χ1n) is 12.4. The lowest BCUT2D eigenvalue weighted by atomic mass is 10.00. The minimum absolute atomic E-state index is 0.0446. The number of methoxy groups -OCH3 is 1. The molecule has 0 aliphatic heterocycles. The van der Waals surface area contributed by atoms with E-state index in [9.17, 15) is 9.59 Å². The van der Waals surface area contributed by atoms with Crippen LogP contribution in [-0.2, 0) is 13.6 Å². The van der Waals surface area contributed by atoms with Gasteiger partial charge in [0.15, 0.2) is 0 Å². The molecule has 0 atom stereocenters. The molecular weight excluding hydrogens is 537 g/mol. The lowest BCUT2D eigenvalue weighted by Gasteiger charge is -2.15. The number of carbonyl (C=O) groups is 1. The summed E-state index contributed by atoms with van der Waals surface area (Å²) in [5.41, 5.74) is 3.38. The van der Waals surface area contributed by atoms with Crippen molar-refractivity contribution >= 4 is 34.8 Å². The highest BCUT2D eigenvalue weighted by Gasteiger charge is 2.19. The maximum Gasteiger partial charge on any atom is 0.279 e. The third kappa shape index (κ3) is 6.30. The molecule has 0 bridgehead atoms. The monoisotopic (exact) mass is 565 g/mol. The summed E-state index contributed by atoms with van der Waals surface area (Å²) in [5, 5.41) is 10.7. The summed E-state index contributed by atoms with van der Waals surface area (Å²) < 4.78 is 6.65. The first kappa shape index (κ1) is 28.3. The standard InChI is InChI=1S/C29H29Cl2N5O3/c1-17(2)15-32-16-18-11-12-23(35-28(18)39-4)21-9-5-7-19(25(21)30)20-8-6-10-24(26(20)31)34-27(37)22-13-14-33-36(3)29(22)38/h5-14,17,32H,15-16H2,1-4H3,(H,34,37). The number of hydrogen-bond donors (Lipinski definition) is 2. The Hall–Kier alpha value is -3.72.